The Morgan fingerprint density at radius 1 is 1.23 bits per heavy atom. The van der Waals surface area contributed by atoms with Gasteiger partial charge in [0, 0.05) is 12.6 Å². The maximum Gasteiger partial charge on any atom is 0.102 e. The zero-order valence-corrected chi connectivity index (χ0v) is 7.59. The molecule has 0 fully saturated rings. The molecule has 1 aromatic rings. The molecule has 0 heterocycles. The van der Waals surface area contributed by atoms with Gasteiger partial charge in [0.1, 0.15) is 6.67 Å². The minimum atomic E-state index is -0.271. The molecule has 0 unspecified atom stereocenters. The van der Waals surface area contributed by atoms with Crippen molar-refractivity contribution in [3.63, 3.8) is 0 Å². The largest absolute Gasteiger partial charge is 0.311 e. The van der Waals surface area contributed by atoms with Gasteiger partial charge < -0.3 is 5.32 Å². The Kier molecular flexibility index (Phi) is 2.60. The van der Waals surface area contributed by atoms with Crippen LogP contribution < -0.4 is 5.32 Å². The minimum Gasteiger partial charge on any atom is -0.311 e. The molecule has 1 aromatic carbocycles. The lowest BCUT2D eigenvalue weighted by Gasteiger charge is -2.08. The van der Waals surface area contributed by atoms with Crippen molar-refractivity contribution in [2.75, 3.05) is 13.2 Å². The molecule has 0 atom stereocenters. The number of benzene rings is 1. The van der Waals surface area contributed by atoms with Gasteiger partial charge in [-0.05, 0) is 24.0 Å². The lowest BCUT2D eigenvalue weighted by molar-refractivity contribution is 0.434. The topological polar surface area (TPSA) is 12.0 Å². The number of alkyl halides is 1. The van der Waals surface area contributed by atoms with Crippen LogP contribution in [0.25, 0.3) is 0 Å². The van der Waals surface area contributed by atoms with E-state index in [0.717, 1.165) is 12.8 Å². The van der Waals surface area contributed by atoms with Gasteiger partial charge in [-0.25, -0.2) is 4.39 Å². The number of hydrogen-bond acceptors (Lipinski definition) is 1. The molecule has 2 heteroatoms. The highest BCUT2D eigenvalue weighted by Gasteiger charge is 2.19. The molecule has 0 radical (unpaired) electrons. The first-order valence-corrected chi connectivity index (χ1v) is 4.76. The van der Waals surface area contributed by atoms with E-state index in [2.05, 4.69) is 29.6 Å². The van der Waals surface area contributed by atoms with Crippen molar-refractivity contribution in [3.8, 4) is 0 Å². The average Bonchev–Trinajstić information content (AvgIpc) is 2.57. The first-order chi connectivity index (χ1) is 6.40. The van der Waals surface area contributed by atoms with Gasteiger partial charge in [0.25, 0.3) is 0 Å². The van der Waals surface area contributed by atoms with E-state index >= 15 is 0 Å². The highest BCUT2D eigenvalue weighted by atomic mass is 19.1. The molecule has 1 aliphatic carbocycles. The number of fused-ring (bicyclic) bond motifs is 1. The van der Waals surface area contributed by atoms with E-state index in [4.69, 9.17) is 0 Å². The SMILES string of the molecule is FCCNC1Cc2ccccc2C1. The highest BCUT2D eigenvalue weighted by Crippen LogP contribution is 2.21. The summed E-state index contributed by atoms with van der Waals surface area (Å²) in [5, 5.41) is 3.20. The fourth-order valence-electron chi connectivity index (χ4n) is 1.96. The molecule has 0 amide bonds. The van der Waals surface area contributed by atoms with E-state index in [1.54, 1.807) is 0 Å². The van der Waals surface area contributed by atoms with E-state index in [1.807, 2.05) is 0 Å². The summed E-state index contributed by atoms with van der Waals surface area (Å²) in [4.78, 5) is 0. The molecular weight excluding hydrogens is 165 g/mol. The van der Waals surface area contributed by atoms with E-state index < -0.39 is 0 Å². The van der Waals surface area contributed by atoms with Crippen molar-refractivity contribution in [1.82, 2.24) is 5.32 Å². The maximum atomic E-state index is 11.9. The number of halogens is 1. The van der Waals surface area contributed by atoms with Gasteiger partial charge in [-0.3, -0.25) is 0 Å². The molecule has 0 aromatic heterocycles. The van der Waals surface area contributed by atoms with Crippen LogP contribution >= 0.6 is 0 Å². The molecule has 0 aliphatic heterocycles. The van der Waals surface area contributed by atoms with Gasteiger partial charge in [0.05, 0.1) is 0 Å². The van der Waals surface area contributed by atoms with Crippen LogP contribution in [0, 0.1) is 0 Å². The standard InChI is InChI=1S/C11H14FN/c12-5-6-13-11-7-9-3-1-2-4-10(9)8-11/h1-4,11,13H,5-8H2. The highest BCUT2D eigenvalue weighted by molar-refractivity contribution is 5.33. The Morgan fingerprint density at radius 3 is 2.38 bits per heavy atom. The molecular formula is C11H14FN. The second-order valence-corrected chi connectivity index (χ2v) is 3.52. The summed E-state index contributed by atoms with van der Waals surface area (Å²) in [6.45, 7) is 0.214. The molecule has 13 heavy (non-hydrogen) atoms. The van der Waals surface area contributed by atoms with Crippen LogP contribution in [0.15, 0.2) is 24.3 Å². The zero-order valence-electron chi connectivity index (χ0n) is 7.59. The van der Waals surface area contributed by atoms with E-state index in [1.165, 1.54) is 11.1 Å². The molecule has 2 rings (SSSR count). The summed E-state index contributed by atoms with van der Waals surface area (Å²) in [6.07, 6.45) is 2.10. The van der Waals surface area contributed by atoms with Crippen LogP contribution in [0.5, 0.6) is 0 Å². The van der Waals surface area contributed by atoms with Crippen molar-refractivity contribution in [2.24, 2.45) is 0 Å². The van der Waals surface area contributed by atoms with Crippen LogP contribution in [0.1, 0.15) is 11.1 Å². The number of hydrogen-bond donors (Lipinski definition) is 1. The summed E-state index contributed by atoms with van der Waals surface area (Å²) < 4.78 is 11.9. The Morgan fingerprint density at radius 2 is 1.85 bits per heavy atom. The van der Waals surface area contributed by atoms with Crippen molar-refractivity contribution < 1.29 is 4.39 Å². The summed E-state index contributed by atoms with van der Waals surface area (Å²) in [7, 11) is 0. The predicted molar refractivity (Wildman–Crippen MR) is 51.6 cm³/mol. The number of nitrogens with one attached hydrogen (secondary N) is 1. The van der Waals surface area contributed by atoms with E-state index in [-0.39, 0.29) is 6.67 Å². The first-order valence-electron chi connectivity index (χ1n) is 4.76. The van der Waals surface area contributed by atoms with Gasteiger partial charge in [-0.15, -0.1) is 0 Å². The lowest BCUT2D eigenvalue weighted by atomic mass is 10.1. The van der Waals surface area contributed by atoms with Crippen molar-refractivity contribution in [1.29, 1.82) is 0 Å². The Balaban J connectivity index is 1.97. The third-order valence-electron chi connectivity index (χ3n) is 2.58. The third kappa shape index (κ3) is 1.89. The van der Waals surface area contributed by atoms with Crippen LogP contribution in [0.2, 0.25) is 0 Å². The molecule has 0 spiro atoms. The second-order valence-electron chi connectivity index (χ2n) is 3.52. The summed E-state index contributed by atoms with van der Waals surface area (Å²) in [6, 6.07) is 8.90. The smallest absolute Gasteiger partial charge is 0.102 e. The summed E-state index contributed by atoms with van der Waals surface area (Å²) in [5.74, 6) is 0. The van der Waals surface area contributed by atoms with Crippen LogP contribution in [0.4, 0.5) is 4.39 Å². The molecule has 1 aliphatic rings. The monoisotopic (exact) mass is 179 g/mol. The van der Waals surface area contributed by atoms with Crippen molar-refractivity contribution in [3.05, 3.63) is 35.4 Å². The Labute approximate surface area is 78.0 Å². The third-order valence-corrected chi connectivity index (χ3v) is 2.58. The Hall–Kier alpha value is -0.890. The first kappa shape index (κ1) is 8.70. The molecule has 1 N–H and O–H groups in total. The van der Waals surface area contributed by atoms with Gasteiger partial charge in [-0.2, -0.15) is 0 Å². The summed E-state index contributed by atoms with van der Waals surface area (Å²) >= 11 is 0. The maximum absolute atomic E-state index is 11.9. The molecule has 1 nitrogen and oxygen atoms in total. The quantitative estimate of drug-likeness (QED) is 0.745. The second kappa shape index (κ2) is 3.88. The molecule has 0 bridgehead atoms. The lowest BCUT2D eigenvalue weighted by Crippen LogP contribution is -2.31. The molecule has 0 saturated carbocycles. The van der Waals surface area contributed by atoms with Gasteiger partial charge in [-0.1, -0.05) is 24.3 Å². The van der Waals surface area contributed by atoms with Crippen LogP contribution in [-0.4, -0.2) is 19.3 Å². The molecule has 70 valence electrons. The van der Waals surface area contributed by atoms with Crippen molar-refractivity contribution >= 4 is 0 Å². The molecule has 0 saturated heterocycles. The fraction of sp³-hybridized carbons (Fsp3) is 0.455. The Bertz CT molecular complexity index is 260. The normalized spacial score (nSPS) is 16.1. The van der Waals surface area contributed by atoms with E-state index in [0.29, 0.717) is 12.6 Å². The van der Waals surface area contributed by atoms with Crippen LogP contribution in [-0.2, 0) is 12.8 Å². The van der Waals surface area contributed by atoms with Crippen molar-refractivity contribution in [2.45, 2.75) is 18.9 Å². The van der Waals surface area contributed by atoms with Crippen LogP contribution in [0.3, 0.4) is 0 Å². The fourth-order valence-corrected chi connectivity index (χ4v) is 1.96. The average molecular weight is 179 g/mol. The summed E-state index contributed by atoms with van der Waals surface area (Å²) in [5.41, 5.74) is 2.83. The van der Waals surface area contributed by atoms with Gasteiger partial charge >= 0.3 is 0 Å². The van der Waals surface area contributed by atoms with E-state index in [9.17, 15) is 4.39 Å². The number of rotatable bonds is 3. The van der Waals surface area contributed by atoms with Gasteiger partial charge in [0.15, 0.2) is 0 Å². The zero-order chi connectivity index (χ0) is 9.10. The van der Waals surface area contributed by atoms with Gasteiger partial charge in [0.2, 0.25) is 0 Å². The predicted octanol–water partition coefficient (Wildman–Crippen LogP) is 1.71. The minimum absolute atomic E-state index is 0.271.